The van der Waals surface area contributed by atoms with Gasteiger partial charge in [0.05, 0.1) is 50.3 Å². The number of carbonyl (C=O) groups is 5. The van der Waals surface area contributed by atoms with Crippen LogP contribution < -0.4 is 15.4 Å². The van der Waals surface area contributed by atoms with Crippen molar-refractivity contribution >= 4 is 29.7 Å². The van der Waals surface area contributed by atoms with Gasteiger partial charge in [-0.2, -0.15) is 0 Å². The zero-order chi connectivity index (χ0) is 30.3. The van der Waals surface area contributed by atoms with Gasteiger partial charge in [-0.1, -0.05) is 11.3 Å². The van der Waals surface area contributed by atoms with Crippen molar-refractivity contribution in [2.45, 2.75) is 58.4 Å². The monoisotopic (exact) mass is 586 g/mol. The minimum Gasteiger partial charge on any atom is -0.486 e. The van der Waals surface area contributed by atoms with E-state index in [2.05, 4.69) is 20.9 Å². The minimum absolute atomic E-state index is 0.0115. The average Bonchev–Trinajstić information content (AvgIpc) is 3.48. The fourth-order valence-corrected chi connectivity index (χ4v) is 4.29. The first-order valence-electron chi connectivity index (χ1n) is 13.5. The van der Waals surface area contributed by atoms with E-state index in [4.69, 9.17) is 18.9 Å². The minimum atomic E-state index is -1.06. The highest BCUT2D eigenvalue weighted by Gasteiger charge is 2.46. The lowest BCUT2D eigenvalue weighted by Crippen LogP contribution is -2.54. The van der Waals surface area contributed by atoms with Crippen LogP contribution in [0.3, 0.4) is 0 Å². The Kier molecular flexibility index (Phi) is 9.85. The molecule has 226 valence electrons. The molecule has 0 bridgehead atoms. The van der Waals surface area contributed by atoms with Crippen LogP contribution in [-0.4, -0.2) is 94.2 Å². The Hall–Kier alpha value is -4.37. The number of fused-ring (bicyclic) bond motifs is 1. The van der Waals surface area contributed by atoms with Crippen molar-refractivity contribution in [1.29, 1.82) is 0 Å². The number of carbonyl (C=O) groups excluding carboxylic acids is 5. The molecule has 1 saturated heterocycles. The third kappa shape index (κ3) is 7.88. The van der Waals surface area contributed by atoms with Gasteiger partial charge in [-0.05, 0) is 39.3 Å². The number of piperidine rings is 1. The third-order valence-electron chi connectivity index (χ3n) is 6.14. The van der Waals surface area contributed by atoms with E-state index < -0.39 is 41.4 Å². The summed E-state index contributed by atoms with van der Waals surface area (Å²) in [5.74, 6) is -2.19. The number of ether oxygens (including phenoxy) is 4. The molecule has 15 nitrogen and oxygen atoms in total. The van der Waals surface area contributed by atoms with Gasteiger partial charge in [-0.25, -0.2) is 9.48 Å². The molecule has 5 amide bonds. The van der Waals surface area contributed by atoms with Gasteiger partial charge in [0.25, 0.3) is 11.8 Å². The molecule has 1 aromatic carbocycles. The van der Waals surface area contributed by atoms with E-state index in [9.17, 15) is 24.0 Å². The molecular weight excluding hydrogens is 552 g/mol. The zero-order valence-corrected chi connectivity index (χ0v) is 23.7. The van der Waals surface area contributed by atoms with Crippen molar-refractivity contribution in [2.75, 3.05) is 33.0 Å². The Labute approximate surface area is 241 Å². The molecule has 15 heteroatoms. The Morgan fingerprint density at radius 1 is 1.07 bits per heavy atom. The first kappa shape index (κ1) is 30.6. The fourth-order valence-electron chi connectivity index (χ4n) is 4.29. The van der Waals surface area contributed by atoms with E-state index in [0.29, 0.717) is 45.2 Å². The predicted octanol–water partition coefficient (Wildman–Crippen LogP) is 0.816. The van der Waals surface area contributed by atoms with Gasteiger partial charge < -0.3 is 24.3 Å². The zero-order valence-electron chi connectivity index (χ0n) is 23.7. The maximum absolute atomic E-state index is 13.2. The molecule has 0 aliphatic carbocycles. The van der Waals surface area contributed by atoms with Crippen LogP contribution in [0.15, 0.2) is 24.4 Å². The van der Waals surface area contributed by atoms with Gasteiger partial charge in [0.2, 0.25) is 11.8 Å². The van der Waals surface area contributed by atoms with Gasteiger partial charge in [-0.3, -0.25) is 29.4 Å². The van der Waals surface area contributed by atoms with Crippen molar-refractivity contribution in [3.8, 4) is 5.75 Å². The molecule has 0 radical (unpaired) electrons. The molecule has 42 heavy (non-hydrogen) atoms. The molecule has 1 aromatic heterocycles. The van der Waals surface area contributed by atoms with Gasteiger partial charge in [-0.15, -0.1) is 5.10 Å². The summed E-state index contributed by atoms with van der Waals surface area (Å²) in [5.41, 5.74) is 0.138. The summed E-state index contributed by atoms with van der Waals surface area (Å²) in [5, 5.41) is 12.9. The first-order chi connectivity index (χ1) is 20.0. The standard InChI is InChI=1S/C27H34N6O9/c1-27(2,3)42-26(38)28-9-11-39-13-14-40-12-10-32-15-17(30-31-32)16-41-20-6-4-5-18-22(20)25(37)33(24(18)36)19-7-8-21(34)29-23(19)35/h4-6,15,19H,7-14,16H2,1-3H3,(H,28,38)(H,29,34,35). The van der Waals surface area contributed by atoms with Crippen molar-refractivity contribution in [3.05, 3.63) is 41.2 Å². The van der Waals surface area contributed by atoms with Crippen LogP contribution in [0, 0.1) is 0 Å². The quantitative estimate of drug-likeness (QED) is 0.250. The summed E-state index contributed by atoms with van der Waals surface area (Å²) < 4.78 is 23.5. The highest BCUT2D eigenvalue weighted by molar-refractivity contribution is 6.24. The number of hydrogen-bond donors (Lipinski definition) is 2. The maximum atomic E-state index is 13.2. The largest absolute Gasteiger partial charge is 0.486 e. The molecule has 1 fully saturated rings. The molecule has 4 rings (SSSR count). The number of aromatic nitrogens is 3. The van der Waals surface area contributed by atoms with Crippen LogP contribution in [0.1, 0.15) is 60.0 Å². The second-order valence-electron chi connectivity index (χ2n) is 10.5. The number of alkyl carbamates (subject to hydrolysis) is 1. The highest BCUT2D eigenvalue weighted by Crippen LogP contribution is 2.33. The van der Waals surface area contributed by atoms with E-state index in [1.165, 1.54) is 6.07 Å². The molecule has 0 saturated carbocycles. The third-order valence-corrected chi connectivity index (χ3v) is 6.14. The number of amides is 5. The van der Waals surface area contributed by atoms with Crippen LogP contribution in [0.2, 0.25) is 0 Å². The highest BCUT2D eigenvalue weighted by atomic mass is 16.6. The van der Waals surface area contributed by atoms with Crippen LogP contribution in [-0.2, 0) is 37.0 Å². The molecule has 2 aliphatic heterocycles. The van der Waals surface area contributed by atoms with Crippen molar-refractivity contribution in [2.24, 2.45) is 0 Å². The fraction of sp³-hybridized carbons (Fsp3) is 0.519. The summed E-state index contributed by atoms with van der Waals surface area (Å²) >= 11 is 0. The second-order valence-corrected chi connectivity index (χ2v) is 10.5. The van der Waals surface area contributed by atoms with Gasteiger partial charge in [0.15, 0.2) is 0 Å². The van der Waals surface area contributed by atoms with Crippen LogP contribution in [0.25, 0.3) is 0 Å². The van der Waals surface area contributed by atoms with Crippen LogP contribution in [0.4, 0.5) is 4.79 Å². The normalized spacial score (nSPS) is 16.8. The SMILES string of the molecule is CC(C)(C)OC(=O)NCCOCCOCCn1cc(COc2cccc3c2C(=O)N(C2CCC(=O)NC2=O)C3=O)nn1. The van der Waals surface area contributed by atoms with E-state index in [1.807, 2.05) is 0 Å². The Balaban J connectivity index is 1.17. The van der Waals surface area contributed by atoms with Gasteiger partial charge >= 0.3 is 6.09 Å². The summed E-state index contributed by atoms with van der Waals surface area (Å²) in [4.78, 5) is 62.4. The number of benzene rings is 1. The maximum Gasteiger partial charge on any atom is 0.407 e. The molecule has 1 unspecified atom stereocenters. The lowest BCUT2D eigenvalue weighted by molar-refractivity contribution is -0.136. The lowest BCUT2D eigenvalue weighted by Gasteiger charge is -2.27. The average molecular weight is 587 g/mol. The van der Waals surface area contributed by atoms with E-state index in [0.717, 1.165) is 4.90 Å². The Morgan fingerprint density at radius 2 is 1.83 bits per heavy atom. The molecule has 1 atom stereocenters. The van der Waals surface area contributed by atoms with Crippen molar-refractivity contribution in [1.82, 2.24) is 30.5 Å². The Morgan fingerprint density at radius 3 is 2.57 bits per heavy atom. The molecule has 2 aromatic rings. The van der Waals surface area contributed by atoms with Crippen molar-refractivity contribution < 1.29 is 42.9 Å². The summed E-state index contributed by atoms with van der Waals surface area (Å²) in [6.07, 6.45) is 1.29. The number of nitrogens with one attached hydrogen (secondary N) is 2. The number of nitrogens with zero attached hydrogens (tertiary/aromatic N) is 4. The number of rotatable bonds is 13. The van der Waals surface area contributed by atoms with Crippen LogP contribution >= 0.6 is 0 Å². The predicted molar refractivity (Wildman–Crippen MR) is 143 cm³/mol. The van der Waals surface area contributed by atoms with E-state index >= 15 is 0 Å². The first-order valence-corrected chi connectivity index (χ1v) is 13.5. The van der Waals surface area contributed by atoms with E-state index in [1.54, 1.807) is 43.8 Å². The molecule has 0 spiro atoms. The molecule has 2 N–H and O–H groups in total. The number of hydrogen-bond acceptors (Lipinski definition) is 11. The van der Waals surface area contributed by atoms with Gasteiger partial charge in [0, 0.05) is 13.0 Å². The second kappa shape index (κ2) is 13.5. The molecular formula is C27H34N6O9. The smallest absolute Gasteiger partial charge is 0.407 e. The summed E-state index contributed by atoms with van der Waals surface area (Å²) in [6.45, 7) is 7.53. The lowest BCUT2D eigenvalue weighted by atomic mass is 10.0. The molecule has 3 heterocycles. The molecule has 2 aliphatic rings. The number of imide groups is 2. The van der Waals surface area contributed by atoms with Crippen LogP contribution in [0.5, 0.6) is 5.75 Å². The van der Waals surface area contributed by atoms with Gasteiger partial charge in [0.1, 0.15) is 29.7 Å². The Bertz CT molecular complexity index is 1340. The topological polar surface area (TPSA) is 180 Å². The summed E-state index contributed by atoms with van der Waals surface area (Å²) in [7, 11) is 0. The van der Waals surface area contributed by atoms with Crippen molar-refractivity contribution in [3.63, 3.8) is 0 Å². The summed E-state index contributed by atoms with van der Waals surface area (Å²) in [6, 6.07) is 3.59. The van der Waals surface area contributed by atoms with E-state index in [-0.39, 0.29) is 36.3 Å².